The molecule has 0 amide bonds. The number of benzene rings is 1. The van der Waals surface area contributed by atoms with Crippen LogP contribution < -0.4 is 4.90 Å². The maximum Gasteiger partial charge on any atom is 0.139 e. The number of ether oxygens (including phenoxy) is 1. The Labute approximate surface area is 142 Å². The second-order valence-electron chi connectivity index (χ2n) is 6.51. The van der Waals surface area contributed by atoms with Crippen LogP contribution in [0.15, 0.2) is 30.3 Å². The van der Waals surface area contributed by atoms with Crippen LogP contribution in [-0.2, 0) is 4.74 Å². The molecule has 23 heavy (non-hydrogen) atoms. The van der Waals surface area contributed by atoms with Gasteiger partial charge < -0.3 is 9.64 Å². The number of hydrogen-bond donors (Lipinski definition) is 0. The molecule has 4 rings (SSSR count). The van der Waals surface area contributed by atoms with Crippen LogP contribution in [0.2, 0.25) is 5.15 Å². The van der Waals surface area contributed by atoms with Crippen LogP contribution in [0.4, 0.5) is 5.82 Å². The summed E-state index contributed by atoms with van der Waals surface area (Å²) in [5, 5.41) is 2.79. The zero-order chi connectivity index (χ0) is 15.6. The van der Waals surface area contributed by atoms with Crippen LogP contribution >= 0.6 is 11.6 Å². The summed E-state index contributed by atoms with van der Waals surface area (Å²) in [4.78, 5) is 9.51. The van der Waals surface area contributed by atoms with Gasteiger partial charge in [-0.3, -0.25) is 4.90 Å². The highest BCUT2D eigenvalue weighted by atomic mass is 35.5. The molecule has 1 aromatic heterocycles. The molecule has 0 saturated carbocycles. The fraction of sp³-hybridized carbons (Fsp3) is 0.500. The number of nitrogens with zero attached hydrogens (tertiary/aromatic N) is 3. The molecule has 0 spiro atoms. The molecule has 2 fully saturated rings. The standard InChI is InChI=1S/C18H22ClN3O/c19-18-16-4-2-1-3-15(16)11-17(20-18)22-8-6-21(7-9-22)12-14-5-10-23-13-14/h1-4,11,14H,5-10,12-13H2. The highest BCUT2D eigenvalue weighted by Gasteiger charge is 2.23. The first-order valence-corrected chi connectivity index (χ1v) is 8.78. The Bertz CT molecular complexity index is 679. The normalized spacial score (nSPS) is 22.8. The molecule has 0 radical (unpaired) electrons. The van der Waals surface area contributed by atoms with Gasteiger partial charge in [-0.1, -0.05) is 35.9 Å². The number of fused-ring (bicyclic) bond motifs is 1. The van der Waals surface area contributed by atoms with E-state index >= 15 is 0 Å². The van der Waals surface area contributed by atoms with E-state index in [0.717, 1.165) is 61.9 Å². The van der Waals surface area contributed by atoms with E-state index in [0.29, 0.717) is 5.15 Å². The second kappa shape index (κ2) is 6.63. The number of aromatic nitrogens is 1. The molecule has 1 aromatic carbocycles. The predicted molar refractivity (Wildman–Crippen MR) is 94.3 cm³/mol. The monoisotopic (exact) mass is 331 g/mol. The first-order valence-electron chi connectivity index (χ1n) is 8.40. The van der Waals surface area contributed by atoms with Gasteiger partial charge >= 0.3 is 0 Å². The Hall–Kier alpha value is -1.36. The second-order valence-corrected chi connectivity index (χ2v) is 6.87. The van der Waals surface area contributed by atoms with Crippen molar-refractivity contribution in [1.29, 1.82) is 0 Å². The number of hydrogen-bond acceptors (Lipinski definition) is 4. The van der Waals surface area contributed by atoms with E-state index in [9.17, 15) is 0 Å². The quantitative estimate of drug-likeness (QED) is 0.808. The zero-order valence-electron chi connectivity index (χ0n) is 13.2. The van der Waals surface area contributed by atoms with E-state index in [-0.39, 0.29) is 0 Å². The molecule has 1 atom stereocenters. The molecule has 3 heterocycles. The lowest BCUT2D eigenvalue weighted by Crippen LogP contribution is -2.48. The third kappa shape index (κ3) is 3.30. The summed E-state index contributed by atoms with van der Waals surface area (Å²) >= 11 is 6.36. The Morgan fingerprint density at radius 3 is 2.78 bits per heavy atom. The van der Waals surface area contributed by atoms with Crippen molar-refractivity contribution in [2.75, 3.05) is 50.8 Å². The zero-order valence-corrected chi connectivity index (χ0v) is 14.0. The van der Waals surface area contributed by atoms with Crippen LogP contribution in [0.25, 0.3) is 10.8 Å². The van der Waals surface area contributed by atoms with Crippen molar-refractivity contribution in [1.82, 2.24) is 9.88 Å². The first kappa shape index (κ1) is 15.2. The summed E-state index contributed by atoms with van der Waals surface area (Å²) in [6.07, 6.45) is 1.21. The van der Waals surface area contributed by atoms with Crippen molar-refractivity contribution in [2.45, 2.75) is 6.42 Å². The lowest BCUT2D eigenvalue weighted by molar-refractivity contribution is 0.164. The van der Waals surface area contributed by atoms with Crippen molar-refractivity contribution in [3.8, 4) is 0 Å². The van der Waals surface area contributed by atoms with Gasteiger partial charge in [-0.2, -0.15) is 0 Å². The number of pyridine rings is 1. The minimum atomic E-state index is 0.601. The highest BCUT2D eigenvalue weighted by Crippen LogP contribution is 2.27. The molecule has 2 aliphatic heterocycles. The van der Waals surface area contributed by atoms with E-state index in [1.807, 2.05) is 18.2 Å². The Kier molecular flexibility index (Phi) is 4.38. The number of rotatable bonds is 3. The van der Waals surface area contributed by atoms with Gasteiger partial charge in [0.1, 0.15) is 11.0 Å². The summed E-state index contributed by atoms with van der Waals surface area (Å²) in [5.41, 5.74) is 0. The van der Waals surface area contributed by atoms with Gasteiger partial charge in [0.05, 0.1) is 6.61 Å². The van der Waals surface area contributed by atoms with E-state index in [1.54, 1.807) is 0 Å². The Morgan fingerprint density at radius 1 is 1.17 bits per heavy atom. The molecule has 0 aliphatic carbocycles. The molecular weight excluding hydrogens is 310 g/mol. The lowest BCUT2D eigenvalue weighted by Gasteiger charge is -2.36. The van der Waals surface area contributed by atoms with Gasteiger partial charge in [-0.25, -0.2) is 4.98 Å². The van der Waals surface area contributed by atoms with Crippen LogP contribution in [-0.4, -0.2) is 55.8 Å². The minimum absolute atomic E-state index is 0.601. The molecule has 4 nitrogen and oxygen atoms in total. The van der Waals surface area contributed by atoms with Gasteiger partial charge in [0, 0.05) is 44.7 Å². The highest BCUT2D eigenvalue weighted by molar-refractivity contribution is 6.34. The van der Waals surface area contributed by atoms with Crippen LogP contribution in [0, 0.1) is 5.92 Å². The molecule has 0 N–H and O–H groups in total. The summed E-state index contributed by atoms with van der Waals surface area (Å²) < 4.78 is 5.48. The molecule has 5 heteroatoms. The van der Waals surface area contributed by atoms with Crippen LogP contribution in [0.1, 0.15) is 6.42 Å². The molecule has 2 aliphatic rings. The van der Waals surface area contributed by atoms with Crippen LogP contribution in [0.5, 0.6) is 0 Å². The van der Waals surface area contributed by atoms with Crippen molar-refractivity contribution in [3.63, 3.8) is 0 Å². The summed E-state index contributed by atoms with van der Waals surface area (Å²) in [5.74, 6) is 1.72. The Balaban J connectivity index is 1.43. The Morgan fingerprint density at radius 2 is 2.00 bits per heavy atom. The third-order valence-corrected chi connectivity index (χ3v) is 5.21. The van der Waals surface area contributed by atoms with Crippen LogP contribution in [0.3, 0.4) is 0 Å². The molecule has 2 aromatic rings. The van der Waals surface area contributed by atoms with E-state index in [4.69, 9.17) is 16.3 Å². The first-order chi connectivity index (χ1) is 11.3. The van der Waals surface area contributed by atoms with Gasteiger partial charge in [-0.15, -0.1) is 0 Å². The summed E-state index contributed by atoms with van der Waals surface area (Å²) in [6, 6.07) is 10.3. The molecule has 1 unspecified atom stereocenters. The number of anilines is 1. The summed E-state index contributed by atoms with van der Waals surface area (Å²) in [7, 11) is 0. The molecular formula is C18H22ClN3O. The van der Waals surface area contributed by atoms with Crippen molar-refractivity contribution in [2.24, 2.45) is 5.92 Å². The molecule has 122 valence electrons. The third-order valence-electron chi connectivity index (χ3n) is 4.92. The van der Waals surface area contributed by atoms with Gasteiger partial charge in [0.15, 0.2) is 0 Å². The maximum atomic E-state index is 6.36. The molecule has 2 saturated heterocycles. The minimum Gasteiger partial charge on any atom is -0.381 e. The van der Waals surface area contributed by atoms with Crippen molar-refractivity contribution in [3.05, 3.63) is 35.5 Å². The van der Waals surface area contributed by atoms with E-state index in [2.05, 4.69) is 26.9 Å². The maximum absolute atomic E-state index is 6.36. The van der Waals surface area contributed by atoms with Gasteiger partial charge in [0.2, 0.25) is 0 Å². The lowest BCUT2D eigenvalue weighted by atomic mass is 10.1. The predicted octanol–water partition coefficient (Wildman–Crippen LogP) is 3.05. The average molecular weight is 332 g/mol. The SMILES string of the molecule is Clc1nc(N2CCN(CC3CCOC3)CC2)cc2ccccc12. The van der Waals surface area contributed by atoms with Gasteiger partial charge in [-0.05, 0) is 23.8 Å². The average Bonchev–Trinajstić information content (AvgIpc) is 3.08. The largest absolute Gasteiger partial charge is 0.381 e. The van der Waals surface area contributed by atoms with Crippen molar-refractivity contribution >= 4 is 28.2 Å². The number of halogens is 1. The molecule has 0 bridgehead atoms. The van der Waals surface area contributed by atoms with Crippen molar-refractivity contribution < 1.29 is 4.74 Å². The number of piperazine rings is 1. The summed E-state index contributed by atoms with van der Waals surface area (Å²) in [6.45, 7) is 7.22. The van der Waals surface area contributed by atoms with E-state index < -0.39 is 0 Å². The smallest absolute Gasteiger partial charge is 0.139 e. The fourth-order valence-corrected chi connectivity index (χ4v) is 3.82. The fourth-order valence-electron chi connectivity index (χ4n) is 3.56. The van der Waals surface area contributed by atoms with E-state index in [1.165, 1.54) is 13.0 Å². The van der Waals surface area contributed by atoms with Gasteiger partial charge in [0.25, 0.3) is 0 Å². The topological polar surface area (TPSA) is 28.6 Å².